The number of aromatic nitrogens is 6. The van der Waals surface area contributed by atoms with Crippen molar-refractivity contribution in [1.29, 1.82) is 0 Å². The molecule has 0 unspecified atom stereocenters. The highest BCUT2D eigenvalue weighted by atomic mass is 16.5. The minimum atomic E-state index is -0.622. The van der Waals surface area contributed by atoms with Crippen LogP contribution in [-0.4, -0.2) is 83.9 Å². The van der Waals surface area contributed by atoms with Crippen molar-refractivity contribution in [2.45, 2.75) is 103 Å². The lowest BCUT2D eigenvalue weighted by Gasteiger charge is -2.31. The fraction of sp³-hybridized carbons (Fsp3) is 0.477. The van der Waals surface area contributed by atoms with Gasteiger partial charge in [0.25, 0.3) is 0 Å². The van der Waals surface area contributed by atoms with E-state index in [9.17, 15) is 14.4 Å². The topological polar surface area (TPSA) is 162 Å². The van der Waals surface area contributed by atoms with E-state index in [1.807, 2.05) is 52.5 Å². The summed E-state index contributed by atoms with van der Waals surface area (Å²) in [7, 11) is 1.33. The number of nitrogens with zero attached hydrogens (tertiary/aromatic N) is 6. The number of rotatable bonds is 11. The van der Waals surface area contributed by atoms with Crippen molar-refractivity contribution < 1.29 is 19.1 Å². The zero-order valence-electron chi connectivity index (χ0n) is 33.2. The number of hydrogen-bond donors (Lipinski definition) is 3. The number of imidazole rings is 2. The molecule has 3 aliphatic rings. The van der Waals surface area contributed by atoms with Crippen molar-refractivity contribution in [1.82, 2.24) is 45.0 Å². The van der Waals surface area contributed by atoms with Gasteiger partial charge in [-0.15, -0.1) is 0 Å². The van der Waals surface area contributed by atoms with Gasteiger partial charge in [-0.1, -0.05) is 76.3 Å². The van der Waals surface area contributed by atoms with Crippen molar-refractivity contribution in [3.8, 4) is 33.8 Å². The second kappa shape index (κ2) is 16.9. The molecule has 0 spiro atoms. The predicted molar refractivity (Wildman–Crippen MR) is 217 cm³/mol. The molecular weight excluding hydrogens is 719 g/mol. The average Bonchev–Trinajstić information content (AvgIpc) is 4.07. The first-order chi connectivity index (χ1) is 27.7. The maximum Gasteiger partial charge on any atom is 0.407 e. The Morgan fingerprint density at radius 3 is 2.07 bits per heavy atom. The molecule has 3 atom stereocenters. The van der Waals surface area contributed by atoms with Crippen LogP contribution in [0.2, 0.25) is 0 Å². The highest BCUT2D eigenvalue weighted by Gasteiger charge is 2.37. The van der Waals surface area contributed by atoms with Gasteiger partial charge < -0.3 is 29.8 Å². The van der Waals surface area contributed by atoms with Gasteiger partial charge in [0.2, 0.25) is 11.8 Å². The Bertz CT molecular complexity index is 2210. The molecule has 13 heteroatoms. The quantitative estimate of drug-likeness (QED) is 0.121. The molecule has 5 heterocycles. The van der Waals surface area contributed by atoms with E-state index in [4.69, 9.17) is 19.7 Å². The second-order valence-electron chi connectivity index (χ2n) is 16.4. The molecule has 3 amide bonds. The van der Waals surface area contributed by atoms with Gasteiger partial charge >= 0.3 is 6.09 Å². The molecule has 5 aromatic rings. The fourth-order valence-electron chi connectivity index (χ4n) is 8.95. The van der Waals surface area contributed by atoms with E-state index in [2.05, 4.69) is 46.2 Å². The molecule has 0 radical (unpaired) electrons. The second-order valence-corrected chi connectivity index (χ2v) is 16.4. The van der Waals surface area contributed by atoms with E-state index in [0.717, 1.165) is 102 Å². The summed E-state index contributed by atoms with van der Waals surface area (Å²) in [6, 6.07) is 13.4. The first-order valence-corrected chi connectivity index (χ1v) is 20.7. The molecule has 298 valence electrons. The lowest BCUT2D eigenvalue weighted by atomic mass is 9.84. The number of nitrogens with one attached hydrogen (secondary N) is 3. The van der Waals surface area contributed by atoms with Gasteiger partial charge in [-0.2, -0.15) is 0 Å². The van der Waals surface area contributed by atoms with E-state index in [1.54, 1.807) is 6.20 Å². The number of alkyl carbamates (subject to hydrolysis) is 1. The maximum atomic E-state index is 14.0. The molecule has 13 nitrogen and oxygen atoms in total. The van der Waals surface area contributed by atoms with Crippen LogP contribution in [0.15, 0.2) is 61.1 Å². The fourth-order valence-corrected chi connectivity index (χ4v) is 8.95. The summed E-state index contributed by atoms with van der Waals surface area (Å²) in [5, 5.41) is 2.84. The monoisotopic (exact) mass is 771 g/mol. The summed E-state index contributed by atoms with van der Waals surface area (Å²) in [5.74, 6) is 2.44. The molecule has 3 aromatic heterocycles. The minimum Gasteiger partial charge on any atom is -0.453 e. The van der Waals surface area contributed by atoms with E-state index < -0.39 is 12.1 Å². The molecule has 57 heavy (non-hydrogen) atoms. The Balaban J connectivity index is 0.938. The number of hydrogen-bond acceptors (Lipinski definition) is 8. The van der Waals surface area contributed by atoms with Gasteiger partial charge in [-0.05, 0) is 61.6 Å². The summed E-state index contributed by atoms with van der Waals surface area (Å²) in [5.41, 5.74) is 6.96. The van der Waals surface area contributed by atoms with Crippen molar-refractivity contribution in [3.05, 3.63) is 72.7 Å². The van der Waals surface area contributed by atoms with Crippen LogP contribution in [0.5, 0.6) is 0 Å². The first kappa shape index (κ1) is 38.3. The number of carbonyl (C=O) groups excluding carboxylic acids is 3. The van der Waals surface area contributed by atoms with Gasteiger partial charge in [0, 0.05) is 30.6 Å². The number of aromatic amines is 2. The molecule has 1 aliphatic carbocycles. The number of methoxy groups -OCH3 is 1. The van der Waals surface area contributed by atoms with E-state index in [-0.39, 0.29) is 23.9 Å². The molecule has 3 N–H and O–H groups in total. The molecule has 2 aromatic carbocycles. The summed E-state index contributed by atoms with van der Waals surface area (Å²) in [6.07, 6.45) is 15.4. The standard InChI is InChI=1S/C44H53N9O4/c1-27(2)21-40(54)52-19-7-11-38(52)41-46-25-36(49-41)30-15-13-29(14-16-30)35-24-45-33-23-31(17-18-32(33)48-35)37-26-47-42(50-37)39-12-8-20-53(39)43(55)34(51-44(56)57-3)22-28-9-5-4-6-10-28/h13-18,23-28,34,38-39H,4-12,19-22H2,1-3H3,(H,46,49)(H,47,50)(H,51,56)/t34-,38-,39-/m0/s1. The highest BCUT2D eigenvalue weighted by Crippen LogP contribution is 2.36. The zero-order valence-corrected chi connectivity index (χ0v) is 33.2. The SMILES string of the molecule is COC(=O)N[C@@H](CC1CCCCC1)C(=O)N1CCC[C@H]1c1ncc(-c2ccc3nc(-c4ccc(-c5cnc([C@@H]6CCCN6C(=O)CC(C)C)[nH]5)cc4)cnc3c2)[nH]1. The van der Waals surface area contributed by atoms with Crippen molar-refractivity contribution in [3.63, 3.8) is 0 Å². The van der Waals surface area contributed by atoms with Crippen molar-refractivity contribution in [2.24, 2.45) is 11.8 Å². The van der Waals surface area contributed by atoms with Crippen LogP contribution >= 0.6 is 0 Å². The first-order valence-electron chi connectivity index (χ1n) is 20.7. The Labute approximate surface area is 333 Å². The van der Waals surface area contributed by atoms with Crippen molar-refractivity contribution in [2.75, 3.05) is 20.2 Å². The Kier molecular flexibility index (Phi) is 11.3. The number of fused-ring (bicyclic) bond motifs is 1. The normalized spacial score (nSPS) is 19.4. The Morgan fingerprint density at radius 2 is 1.39 bits per heavy atom. The number of amides is 3. The van der Waals surface area contributed by atoms with Crippen LogP contribution in [0.3, 0.4) is 0 Å². The van der Waals surface area contributed by atoms with Gasteiger partial charge in [0.15, 0.2) is 0 Å². The van der Waals surface area contributed by atoms with E-state index >= 15 is 0 Å². The van der Waals surface area contributed by atoms with Crippen LogP contribution in [0, 0.1) is 11.8 Å². The summed E-state index contributed by atoms with van der Waals surface area (Å²) in [4.78, 5) is 69.1. The number of benzene rings is 2. The van der Waals surface area contributed by atoms with Crippen LogP contribution < -0.4 is 5.32 Å². The summed E-state index contributed by atoms with van der Waals surface area (Å²) >= 11 is 0. The Hall–Kier alpha value is -5.59. The van der Waals surface area contributed by atoms with Crippen LogP contribution in [0.25, 0.3) is 44.8 Å². The van der Waals surface area contributed by atoms with Crippen LogP contribution in [0.4, 0.5) is 4.79 Å². The lowest BCUT2D eigenvalue weighted by Crippen LogP contribution is -2.49. The molecule has 2 saturated heterocycles. The van der Waals surface area contributed by atoms with Crippen LogP contribution in [0.1, 0.15) is 108 Å². The lowest BCUT2D eigenvalue weighted by molar-refractivity contribution is -0.135. The number of carbonyl (C=O) groups is 3. The van der Waals surface area contributed by atoms with Gasteiger partial charge in [-0.25, -0.2) is 19.7 Å². The average molecular weight is 772 g/mol. The summed E-state index contributed by atoms with van der Waals surface area (Å²) in [6.45, 7) is 5.55. The van der Waals surface area contributed by atoms with Gasteiger partial charge in [0.05, 0.1) is 65.9 Å². The van der Waals surface area contributed by atoms with E-state index in [1.165, 1.54) is 26.4 Å². The minimum absolute atomic E-state index is 0.00644. The summed E-state index contributed by atoms with van der Waals surface area (Å²) < 4.78 is 4.89. The smallest absolute Gasteiger partial charge is 0.407 e. The highest BCUT2D eigenvalue weighted by molar-refractivity contribution is 5.86. The van der Waals surface area contributed by atoms with Crippen LogP contribution in [-0.2, 0) is 14.3 Å². The predicted octanol–water partition coefficient (Wildman–Crippen LogP) is 8.15. The largest absolute Gasteiger partial charge is 0.453 e. The molecule has 8 rings (SSSR count). The molecule has 1 saturated carbocycles. The van der Waals surface area contributed by atoms with Gasteiger partial charge in [0.1, 0.15) is 17.7 Å². The number of likely N-dealkylation sites (tertiary alicyclic amines) is 2. The van der Waals surface area contributed by atoms with E-state index in [0.29, 0.717) is 31.2 Å². The molecule has 3 fully saturated rings. The molecule has 2 aliphatic heterocycles. The van der Waals surface area contributed by atoms with Crippen molar-refractivity contribution >= 4 is 28.9 Å². The third-order valence-electron chi connectivity index (χ3n) is 11.9. The third-order valence-corrected chi connectivity index (χ3v) is 11.9. The zero-order chi connectivity index (χ0) is 39.5. The van der Waals surface area contributed by atoms with Gasteiger partial charge in [-0.3, -0.25) is 14.6 Å². The Morgan fingerprint density at radius 1 is 0.754 bits per heavy atom. The molecule has 0 bridgehead atoms. The number of H-pyrrole nitrogens is 2. The third kappa shape index (κ3) is 8.43. The molecular formula is C44H53N9O4. The number of ether oxygens (including phenoxy) is 1. The maximum absolute atomic E-state index is 14.0.